The second-order valence-corrected chi connectivity index (χ2v) is 9.16. The van der Waals surface area contributed by atoms with Gasteiger partial charge in [-0.15, -0.1) is 0 Å². The lowest BCUT2D eigenvalue weighted by Gasteiger charge is -2.32. The average molecular weight is 475 g/mol. The van der Waals surface area contributed by atoms with E-state index in [1.165, 1.54) is 17.7 Å². The summed E-state index contributed by atoms with van der Waals surface area (Å²) in [5.74, 6) is -0.606. The van der Waals surface area contributed by atoms with Gasteiger partial charge in [-0.2, -0.15) is 0 Å². The Bertz CT molecular complexity index is 1080. The predicted molar refractivity (Wildman–Crippen MR) is 138 cm³/mol. The van der Waals surface area contributed by atoms with Crippen LogP contribution in [0.4, 0.5) is 4.39 Å². The number of rotatable bonds is 11. The minimum absolute atomic E-state index is 0.00361. The van der Waals surface area contributed by atoms with Gasteiger partial charge < -0.3 is 10.2 Å². The normalized spacial score (nSPS) is 12.6. The van der Waals surface area contributed by atoms with E-state index in [9.17, 15) is 14.0 Å². The van der Waals surface area contributed by atoms with Gasteiger partial charge in [-0.05, 0) is 55.5 Å². The van der Waals surface area contributed by atoms with E-state index < -0.39 is 6.04 Å². The van der Waals surface area contributed by atoms with Gasteiger partial charge in [0.1, 0.15) is 11.9 Å². The summed E-state index contributed by atoms with van der Waals surface area (Å²) in [5, 5.41) is 3.07. The predicted octanol–water partition coefficient (Wildman–Crippen LogP) is 5.62. The molecule has 2 amide bonds. The number of nitrogens with zero attached hydrogens (tertiary/aromatic N) is 1. The summed E-state index contributed by atoms with van der Waals surface area (Å²) in [4.78, 5) is 28.7. The highest BCUT2D eigenvalue weighted by Crippen LogP contribution is 2.18. The number of hydrogen-bond acceptors (Lipinski definition) is 2. The first-order valence-electron chi connectivity index (χ1n) is 12.3. The van der Waals surface area contributed by atoms with E-state index in [0.29, 0.717) is 12.8 Å². The molecule has 4 nitrogen and oxygen atoms in total. The van der Waals surface area contributed by atoms with Crippen molar-refractivity contribution in [3.05, 3.63) is 107 Å². The molecule has 184 valence electrons. The van der Waals surface area contributed by atoms with Crippen LogP contribution in [-0.2, 0) is 29.0 Å². The van der Waals surface area contributed by atoms with Crippen LogP contribution < -0.4 is 5.32 Å². The molecule has 0 saturated heterocycles. The van der Waals surface area contributed by atoms with Crippen LogP contribution in [-0.4, -0.2) is 28.8 Å². The minimum Gasteiger partial charge on any atom is -0.352 e. The fraction of sp³-hybridized carbons (Fsp3) is 0.333. The summed E-state index contributed by atoms with van der Waals surface area (Å²) in [6.07, 6.45) is 2.07. The van der Waals surface area contributed by atoms with Crippen LogP contribution >= 0.6 is 0 Å². The lowest BCUT2D eigenvalue weighted by Crippen LogP contribution is -2.52. The van der Waals surface area contributed by atoms with Crippen LogP contribution in [0.25, 0.3) is 0 Å². The van der Waals surface area contributed by atoms with Crippen molar-refractivity contribution in [1.82, 2.24) is 10.2 Å². The summed E-state index contributed by atoms with van der Waals surface area (Å²) in [6, 6.07) is 23.3. The number of benzene rings is 3. The molecule has 3 rings (SSSR count). The molecule has 2 atom stereocenters. The average Bonchev–Trinajstić information content (AvgIpc) is 2.87. The molecule has 0 unspecified atom stereocenters. The Morgan fingerprint density at radius 2 is 1.51 bits per heavy atom. The molecule has 0 fully saturated rings. The Morgan fingerprint density at radius 1 is 0.886 bits per heavy atom. The van der Waals surface area contributed by atoms with Crippen LogP contribution in [0.2, 0.25) is 0 Å². The maximum absolute atomic E-state index is 13.6. The van der Waals surface area contributed by atoms with Crippen molar-refractivity contribution in [3.63, 3.8) is 0 Å². The quantitative estimate of drug-likeness (QED) is 0.392. The van der Waals surface area contributed by atoms with Crippen LogP contribution in [0.15, 0.2) is 78.9 Å². The number of carbonyl (C=O) groups is 2. The van der Waals surface area contributed by atoms with E-state index in [0.717, 1.165) is 23.1 Å². The second kappa shape index (κ2) is 12.8. The smallest absolute Gasteiger partial charge is 0.243 e. The Hall–Kier alpha value is -3.47. The van der Waals surface area contributed by atoms with Gasteiger partial charge >= 0.3 is 0 Å². The standard InChI is InChI=1S/C30H35FN2O2/c1-4-23(3)32-30(35)28(20-25-8-6-5-7-9-25)33(21-26-14-17-27(31)18-15-26)29(34)19-16-24-12-10-22(2)11-13-24/h5-15,17-18,23,28H,4,16,19-21H2,1-3H3,(H,32,35)/t23-,28+/m1/s1. The maximum atomic E-state index is 13.6. The molecule has 0 aromatic heterocycles. The van der Waals surface area contributed by atoms with E-state index in [2.05, 4.69) is 5.32 Å². The Labute approximate surface area is 208 Å². The molecule has 0 radical (unpaired) electrons. The second-order valence-electron chi connectivity index (χ2n) is 9.16. The molecule has 3 aromatic rings. The van der Waals surface area contributed by atoms with Crippen molar-refractivity contribution in [3.8, 4) is 0 Å². The molecule has 5 heteroatoms. The van der Waals surface area contributed by atoms with Crippen molar-refractivity contribution >= 4 is 11.8 Å². The van der Waals surface area contributed by atoms with Crippen molar-refractivity contribution < 1.29 is 14.0 Å². The summed E-state index contributed by atoms with van der Waals surface area (Å²) in [5.41, 5.74) is 4.01. The molecule has 0 saturated carbocycles. The summed E-state index contributed by atoms with van der Waals surface area (Å²) in [7, 11) is 0. The van der Waals surface area contributed by atoms with Gasteiger partial charge in [0.05, 0.1) is 0 Å². The molecule has 0 aliphatic carbocycles. The number of hydrogen-bond donors (Lipinski definition) is 1. The fourth-order valence-corrected chi connectivity index (χ4v) is 3.93. The lowest BCUT2D eigenvalue weighted by molar-refractivity contribution is -0.141. The first-order chi connectivity index (χ1) is 16.9. The Balaban J connectivity index is 1.89. The SMILES string of the molecule is CC[C@@H](C)NC(=O)[C@H](Cc1ccccc1)N(Cc1ccc(F)cc1)C(=O)CCc1ccc(C)cc1. The fourth-order valence-electron chi connectivity index (χ4n) is 3.93. The van der Waals surface area contributed by atoms with Crippen molar-refractivity contribution in [1.29, 1.82) is 0 Å². The molecule has 1 N–H and O–H groups in total. The van der Waals surface area contributed by atoms with Crippen LogP contribution in [0.5, 0.6) is 0 Å². The van der Waals surface area contributed by atoms with Gasteiger partial charge in [-0.1, -0.05) is 79.2 Å². The molecule has 0 spiro atoms. The molecule has 0 aliphatic heterocycles. The number of halogens is 1. The molecule has 0 bridgehead atoms. The third-order valence-corrected chi connectivity index (χ3v) is 6.29. The Kier molecular flexibility index (Phi) is 9.59. The molecule has 3 aromatic carbocycles. The molecule has 35 heavy (non-hydrogen) atoms. The largest absolute Gasteiger partial charge is 0.352 e. The van der Waals surface area contributed by atoms with Crippen molar-refractivity contribution in [2.45, 2.75) is 65.1 Å². The summed E-state index contributed by atoms with van der Waals surface area (Å²) in [6.45, 7) is 6.24. The zero-order valence-electron chi connectivity index (χ0n) is 20.8. The number of carbonyl (C=O) groups excluding carboxylic acids is 2. The topological polar surface area (TPSA) is 49.4 Å². The molecular weight excluding hydrogens is 439 g/mol. The van der Waals surface area contributed by atoms with E-state index >= 15 is 0 Å². The summed E-state index contributed by atoms with van der Waals surface area (Å²) >= 11 is 0. The van der Waals surface area contributed by atoms with Crippen molar-refractivity contribution in [2.75, 3.05) is 0 Å². The zero-order chi connectivity index (χ0) is 25.2. The molecule has 0 heterocycles. The van der Waals surface area contributed by atoms with Crippen LogP contribution in [0.3, 0.4) is 0 Å². The zero-order valence-corrected chi connectivity index (χ0v) is 20.8. The minimum atomic E-state index is -0.679. The highest BCUT2D eigenvalue weighted by atomic mass is 19.1. The third kappa shape index (κ3) is 8.06. The highest BCUT2D eigenvalue weighted by Gasteiger charge is 2.30. The number of amides is 2. The Morgan fingerprint density at radius 3 is 2.14 bits per heavy atom. The van der Waals surface area contributed by atoms with E-state index in [1.54, 1.807) is 17.0 Å². The van der Waals surface area contributed by atoms with Gasteiger partial charge in [-0.25, -0.2) is 4.39 Å². The number of nitrogens with one attached hydrogen (secondary N) is 1. The van der Waals surface area contributed by atoms with Crippen LogP contribution in [0.1, 0.15) is 48.9 Å². The van der Waals surface area contributed by atoms with Crippen LogP contribution in [0, 0.1) is 12.7 Å². The van der Waals surface area contributed by atoms with E-state index in [-0.39, 0.29) is 36.6 Å². The van der Waals surface area contributed by atoms with E-state index in [1.807, 2.05) is 75.4 Å². The molecular formula is C30H35FN2O2. The maximum Gasteiger partial charge on any atom is 0.243 e. The van der Waals surface area contributed by atoms with Gasteiger partial charge in [0.15, 0.2) is 0 Å². The molecule has 0 aliphatic rings. The highest BCUT2D eigenvalue weighted by molar-refractivity contribution is 5.88. The monoisotopic (exact) mass is 474 g/mol. The van der Waals surface area contributed by atoms with Gasteiger partial charge in [0.25, 0.3) is 0 Å². The van der Waals surface area contributed by atoms with Gasteiger partial charge in [-0.3, -0.25) is 9.59 Å². The summed E-state index contributed by atoms with van der Waals surface area (Å²) < 4.78 is 13.5. The van der Waals surface area contributed by atoms with E-state index in [4.69, 9.17) is 0 Å². The van der Waals surface area contributed by atoms with Crippen molar-refractivity contribution in [2.24, 2.45) is 0 Å². The number of aryl methyl sites for hydroxylation is 2. The van der Waals surface area contributed by atoms with Gasteiger partial charge in [0, 0.05) is 25.4 Å². The lowest BCUT2D eigenvalue weighted by atomic mass is 10.0. The third-order valence-electron chi connectivity index (χ3n) is 6.29. The first-order valence-corrected chi connectivity index (χ1v) is 12.3. The van der Waals surface area contributed by atoms with Gasteiger partial charge in [0.2, 0.25) is 11.8 Å². The first kappa shape index (κ1) is 26.1.